The van der Waals surface area contributed by atoms with Crippen molar-refractivity contribution in [2.24, 2.45) is 0 Å². The first-order valence-electron chi connectivity index (χ1n) is 9.90. The van der Waals surface area contributed by atoms with Gasteiger partial charge in [-0.25, -0.2) is 4.79 Å². The number of hydrogen-bond acceptors (Lipinski definition) is 6. The molecule has 1 aliphatic rings. The lowest BCUT2D eigenvalue weighted by Gasteiger charge is -2.21. The fourth-order valence-electron chi connectivity index (χ4n) is 3.10. The second-order valence-electron chi connectivity index (χ2n) is 8.25. The molecule has 1 aromatic carbocycles. The van der Waals surface area contributed by atoms with Crippen molar-refractivity contribution in [1.82, 2.24) is 25.4 Å². The Bertz CT molecular complexity index is 920. The molecule has 10 heteroatoms. The second-order valence-corrected chi connectivity index (χ2v) is 9.99. The number of hydrogen-bond donors (Lipinski definition) is 2. The van der Waals surface area contributed by atoms with E-state index >= 15 is 0 Å². The SMILES string of the molecule is CC(Sc1nnc(N2CCCC2)n1-c1cccc(Cl)c1)C(=O)NC(=O)NC(C)(C)C. The predicted molar refractivity (Wildman–Crippen MR) is 120 cm³/mol. The summed E-state index contributed by atoms with van der Waals surface area (Å²) in [7, 11) is 0. The summed E-state index contributed by atoms with van der Waals surface area (Å²) in [5, 5.41) is 14.5. The molecule has 3 amide bonds. The van der Waals surface area contributed by atoms with Crippen molar-refractivity contribution in [3.63, 3.8) is 0 Å². The number of thioether (sulfide) groups is 1. The van der Waals surface area contributed by atoms with Crippen molar-refractivity contribution in [3.8, 4) is 5.69 Å². The Morgan fingerprint density at radius 1 is 1.20 bits per heavy atom. The normalized spacial score (nSPS) is 15.2. The molecule has 1 unspecified atom stereocenters. The molecule has 1 atom stereocenters. The number of amides is 3. The molecular weight excluding hydrogens is 424 g/mol. The second kappa shape index (κ2) is 9.26. The van der Waals surface area contributed by atoms with Crippen LogP contribution in [0.25, 0.3) is 5.69 Å². The van der Waals surface area contributed by atoms with Gasteiger partial charge in [0.2, 0.25) is 11.9 Å². The van der Waals surface area contributed by atoms with Gasteiger partial charge in [0.15, 0.2) is 5.16 Å². The minimum Gasteiger partial charge on any atom is -0.341 e. The van der Waals surface area contributed by atoms with E-state index < -0.39 is 22.7 Å². The van der Waals surface area contributed by atoms with Crippen LogP contribution < -0.4 is 15.5 Å². The molecule has 0 bridgehead atoms. The minimum absolute atomic E-state index is 0.398. The van der Waals surface area contributed by atoms with Crippen molar-refractivity contribution < 1.29 is 9.59 Å². The van der Waals surface area contributed by atoms with Gasteiger partial charge in [-0.1, -0.05) is 29.4 Å². The lowest BCUT2D eigenvalue weighted by atomic mass is 10.1. The predicted octanol–water partition coefficient (Wildman–Crippen LogP) is 3.63. The van der Waals surface area contributed by atoms with Crippen LogP contribution >= 0.6 is 23.4 Å². The number of imide groups is 1. The standard InChI is InChI=1S/C20H27ClN6O2S/c1-13(16(28)22-17(29)23-20(2,3)4)30-19-25-24-18(26-10-5-6-11-26)27(19)15-9-7-8-14(21)12-15/h7-9,12-13H,5-6,10-11H2,1-4H3,(H2,22,23,28,29). The van der Waals surface area contributed by atoms with Crippen LogP contribution in [-0.4, -0.2) is 50.6 Å². The third-order valence-corrected chi connectivity index (χ3v) is 5.73. The Kier molecular flexibility index (Phi) is 6.92. The first kappa shape index (κ1) is 22.4. The number of nitrogens with one attached hydrogen (secondary N) is 2. The van der Waals surface area contributed by atoms with Crippen LogP contribution in [0.5, 0.6) is 0 Å². The molecule has 0 spiro atoms. The van der Waals surface area contributed by atoms with Crippen LogP contribution in [0, 0.1) is 0 Å². The molecule has 2 N–H and O–H groups in total. The molecule has 0 saturated carbocycles. The van der Waals surface area contributed by atoms with Gasteiger partial charge < -0.3 is 10.2 Å². The zero-order valence-electron chi connectivity index (χ0n) is 17.6. The highest BCUT2D eigenvalue weighted by Crippen LogP contribution is 2.31. The molecule has 30 heavy (non-hydrogen) atoms. The maximum Gasteiger partial charge on any atom is 0.321 e. The zero-order chi connectivity index (χ0) is 21.9. The van der Waals surface area contributed by atoms with Gasteiger partial charge in [0.1, 0.15) is 0 Å². The monoisotopic (exact) mass is 450 g/mol. The van der Waals surface area contributed by atoms with Crippen LogP contribution in [0.1, 0.15) is 40.5 Å². The summed E-state index contributed by atoms with van der Waals surface area (Å²) in [5.41, 5.74) is 0.396. The molecule has 1 aliphatic heterocycles. The van der Waals surface area contributed by atoms with Gasteiger partial charge in [0, 0.05) is 23.7 Å². The lowest BCUT2D eigenvalue weighted by molar-refractivity contribution is -0.119. The quantitative estimate of drug-likeness (QED) is 0.676. The summed E-state index contributed by atoms with van der Waals surface area (Å²) in [6, 6.07) is 6.93. The highest BCUT2D eigenvalue weighted by Gasteiger charge is 2.26. The van der Waals surface area contributed by atoms with E-state index in [2.05, 4.69) is 25.7 Å². The highest BCUT2D eigenvalue weighted by atomic mass is 35.5. The largest absolute Gasteiger partial charge is 0.341 e. The van der Waals surface area contributed by atoms with Gasteiger partial charge in [0.25, 0.3) is 0 Å². The average molecular weight is 451 g/mol. The first-order chi connectivity index (χ1) is 14.1. The van der Waals surface area contributed by atoms with E-state index in [1.807, 2.05) is 49.6 Å². The molecule has 0 radical (unpaired) electrons. The van der Waals surface area contributed by atoms with Crippen LogP contribution in [0.4, 0.5) is 10.7 Å². The van der Waals surface area contributed by atoms with Crippen molar-refractivity contribution in [2.75, 3.05) is 18.0 Å². The fraction of sp³-hybridized carbons (Fsp3) is 0.500. The van der Waals surface area contributed by atoms with E-state index in [-0.39, 0.29) is 0 Å². The Balaban J connectivity index is 1.81. The molecule has 8 nitrogen and oxygen atoms in total. The molecule has 3 rings (SSSR count). The number of nitrogens with zero attached hydrogens (tertiary/aromatic N) is 4. The molecule has 0 aliphatic carbocycles. The van der Waals surface area contributed by atoms with Gasteiger partial charge in [-0.3, -0.25) is 14.7 Å². The molecule has 1 aromatic heterocycles. The maximum absolute atomic E-state index is 12.5. The molecular formula is C20H27ClN6O2S. The van der Waals surface area contributed by atoms with Gasteiger partial charge in [0.05, 0.1) is 10.9 Å². The van der Waals surface area contributed by atoms with E-state index in [1.54, 1.807) is 6.92 Å². The van der Waals surface area contributed by atoms with E-state index in [4.69, 9.17) is 11.6 Å². The first-order valence-corrected chi connectivity index (χ1v) is 11.2. The maximum atomic E-state index is 12.5. The van der Waals surface area contributed by atoms with E-state index in [0.29, 0.717) is 10.2 Å². The average Bonchev–Trinajstić information content (AvgIpc) is 3.29. The Labute approximate surface area is 185 Å². The van der Waals surface area contributed by atoms with Crippen molar-refractivity contribution >= 4 is 41.2 Å². The van der Waals surface area contributed by atoms with Crippen LogP contribution in [0.2, 0.25) is 5.02 Å². The summed E-state index contributed by atoms with van der Waals surface area (Å²) in [5.74, 6) is 0.334. The number of urea groups is 1. The van der Waals surface area contributed by atoms with Crippen molar-refractivity contribution in [1.29, 1.82) is 0 Å². The minimum atomic E-state index is -0.552. The topological polar surface area (TPSA) is 92.2 Å². The smallest absolute Gasteiger partial charge is 0.321 e. The number of aromatic nitrogens is 3. The molecule has 1 saturated heterocycles. The van der Waals surface area contributed by atoms with Crippen LogP contribution in [-0.2, 0) is 4.79 Å². The van der Waals surface area contributed by atoms with Gasteiger partial charge in [-0.15, -0.1) is 10.2 Å². The molecule has 162 valence electrons. The summed E-state index contributed by atoms with van der Waals surface area (Å²) >= 11 is 7.46. The Hall–Kier alpha value is -2.26. The molecule has 2 heterocycles. The number of halogens is 1. The molecule has 1 fully saturated rings. The van der Waals surface area contributed by atoms with Gasteiger partial charge in [-0.05, 0) is 58.7 Å². The fourth-order valence-corrected chi connectivity index (χ4v) is 4.15. The van der Waals surface area contributed by atoms with Crippen LogP contribution in [0.3, 0.4) is 0 Å². The van der Waals surface area contributed by atoms with Gasteiger partial charge >= 0.3 is 6.03 Å². The summed E-state index contributed by atoms with van der Waals surface area (Å²) < 4.78 is 1.92. The zero-order valence-corrected chi connectivity index (χ0v) is 19.2. The van der Waals surface area contributed by atoms with Crippen molar-refractivity contribution in [3.05, 3.63) is 29.3 Å². The Morgan fingerprint density at radius 3 is 2.53 bits per heavy atom. The summed E-state index contributed by atoms with van der Waals surface area (Å²) in [6.07, 6.45) is 2.21. The summed E-state index contributed by atoms with van der Waals surface area (Å²) in [4.78, 5) is 26.7. The molecule has 2 aromatic rings. The third kappa shape index (κ3) is 5.66. The third-order valence-electron chi connectivity index (χ3n) is 4.45. The lowest BCUT2D eigenvalue weighted by Crippen LogP contribution is -2.49. The number of anilines is 1. The van der Waals surface area contributed by atoms with Crippen molar-refractivity contribution in [2.45, 2.75) is 56.5 Å². The Morgan fingerprint density at radius 2 is 1.90 bits per heavy atom. The number of carbonyl (C=O) groups is 2. The highest BCUT2D eigenvalue weighted by molar-refractivity contribution is 8.00. The van der Waals surface area contributed by atoms with E-state index in [0.717, 1.165) is 37.6 Å². The number of benzene rings is 1. The summed E-state index contributed by atoms with van der Waals surface area (Å²) in [6.45, 7) is 9.10. The van der Waals surface area contributed by atoms with E-state index in [9.17, 15) is 9.59 Å². The van der Waals surface area contributed by atoms with Gasteiger partial charge in [-0.2, -0.15) is 0 Å². The number of carbonyl (C=O) groups excluding carboxylic acids is 2. The van der Waals surface area contributed by atoms with E-state index in [1.165, 1.54) is 11.8 Å². The van der Waals surface area contributed by atoms with Crippen LogP contribution in [0.15, 0.2) is 29.4 Å². The number of rotatable bonds is 5.